The Bertz CT molecular complexity index is 894. The molecule has 8 nitrogen and oxygen atoms in total. The Morgan fingerprint density at radius 2 is 2.15 bits per heavy atom. The maximum absolute atomic E-state index is 12.6. The summed E-state index contributed by atoms with van der Waals surface area (Å²) in [5, 5.41) is 13.8. The maximum atomic E-state index is 12.6. The first-order valence-electron chi connectivity index (χ1n) is 8.00. The van der Waals surface area contributed by atoms with Crippen LogP contribution in [-0.4, -0.2) is 60.8 Å². The van der Waals surface area contributed by atoms with Crippen molar-refractivity contribution in [3.63, 3.8) is 0 Å². The van der Waals surface area contributed by atoms with Crippen LogP contribution in [0.15, 0.2) is 41.7 Å². The molecular weight excluding hydrogens is 338 g/mol. The van der Waals surface area contributed by atoms with E-state index in [0.717, 1.165) is 10.8 Å². The van der Waals surface area contributed by atoms with Crippen LogP contribution in [-0.2, 0) is 14.3 Å². The first-order valence-corrected chi connectivity index (χ1v) is 8.00. The van der Waals surface area contributed by atoms with Crippen LogP contribution in [0.4, 0.5) is 5.69 Å². The third kappa shape index (κ3) is 3.18. The lowest BCUT2D eigenvalue weighted by Crippen LogP contribution is -2.31. The predicted molar refractivity (Wildman–Crippen MR) is 94.6 cm³/mol. The summed E-state index contributed by atoms with van der Waals surface area (Å²) in [6.07, 6.45) is 1.65. The Labute approximate surface area is 150 Å². The number of fused-ring (bicyclic) bond motifs is 1. The van der Waals surface area contributed by atoms with Crippen LogP contribution in [0.1, 0.15) is 0 Å². The number of ether oxygens (including phenoxy) is 2. The van der Waals surface area contributed by atoms with Gasteiger partial charge in [0.1, 0.15) is 5.70 Å². The van der Waals surface area contributed by atoms with Gasteiger partial charge in [-0.05, 0) is 23.6 Å². The van der Waals surface area contributed by atoms with E-state index in [1.807, 2.05) is 12.1 Å². The summed E-state index contributed by atoms with van der Waals surface area (Å²) in [5.74, 6) is -0.480. The molecule has 0 fully saturated rings. The Balaban J connectivity index is 1.98. The molecule has 0 saturated heterocycles. The van der Waals surface area contributed by atoms with E-state index in [1.165, 1.54) is 19.1 Å². The van der Waals surface area contributed by atoms with Crippen LogP contribution in [0.5, 0.6) is 5.88 Å². The molecule has 0 spiro atoms. The molecule has 2 N–H and O–H groups in total. The van der Waals surface area contributed by atoms with Crippen LogP contribution < -0.4 is 10.1 Å². The molecule has 2 heterocycles. The van der Waals surface area contributed by atoms with Gasteiger partial charge in [0, 0.05) is 23.8 Å². The lowest BCUT2D eigenvalue weighted by molar-refractivity contribution is -0.136. The molecule has 1 aliphatic heterocycles. The number of β-amino-alcohol motifs (C(OH)–C–C–N with tert-alkyl or cyclic N) is 1. The van der Waals surface area contributed by atoms with Crippen molar-refractivity contribution < 1.29 is 24.2 Å². The molecule has 1 aromatic carbocycles. The number of pyridine rings is 1. The van der Waals surface area contributed by atoms with Crippen LogP contribution in [0.25, 0.3) is 10.8 Å². The van der Waals surface area contributed by atoms with Crippen LogP contribution >= 0.6 is 0 Å². The summed E-state index contributed by atoms with van der Waals surface area (Å²) >= 11 is 0. The summed E-state index contributed by atoms with van der Waals surface area (Å²) < 4.78 is 10.0. The van der Waals surface area contributed by atoms with Crippen molar-refractivity contribution in [2.24, 2.45) is 0 Å². The Morgan fingerprint density at radius 3 is 2.85 bits per heavy atom. The number of aliphatic hydroxyl groups excluding tert-OH is 1. The zero-order valence-electron chi connectivity index (χ0n) is 14.5. The minimum absolute atomic E-state index is 0.0901. The molecule has 1 amide bonds. The van der Waals surface area contributed by atoms with Crippen LogP contribution in [0.2, 0.25) is 0 Å². The predicted octanol–water partition coefficient (Wildman–Crippen LogP) is 0.917. The summed E-state index contributed by atoms with van der Waals surface area (Å²) in [7, 11) is 2.80. The molecule has 0 unspecified atom stereocenters. The van der Waals surface area contributed by atoms with E-state index >= 15 is 0 Å². The molecule has 1 aliphatic rings. The van der Waals surface area contributed by atoms with Gasteiger partial charge in [-0.3, -0.25) is 4.79 Å². The van der Waals surface area contributed by atoms with Crippen LogP contribution in [0, 0.1) is 0 Å². The number of aromatic nitrogens is 1. The van der Waals surface area contributed by atoms with E-state index in [0.29, 0.717) is 11.6 Å². The number of hydrogen-bond acceptors (Lipinski definition) is 7. The lowest BCUT2D eigenvalue weighted by Gasteiger charge is -2.15. The monoisotopic (exact) mass is 357 g/mol. The number of methoxy groups -OCH3 is 2. The highest BCUT2D eigenvalue weighted by molar-refractivity contribution is 6.08. The molecule has 0 saturated carbocycles. The first kappa shape index (κ1) is 17.7. The van der Waals surface area contributed by atoms with Gasteiger partial charge >= 0.3 is 5.97 Å². The van der Waals surface area contributed by atoms with E-state index in [1.54, 1.807) is 18.3 Å². The number of esters is 1. The second kappa shape index (κ2) is 7.40. The fourth-order valence-corrected chi connectivity index (χ4v) is 2.88. The molecule has 1 aromatic heterocycles. The van der Waals surface area contributed by atoms with E-state index < -0.39 is 5.97 Å². The quantitative estimate of drug-likeness (QED) is 0.741. The van der Waals surface area contributed by atoms with Gasteiger partial charge in [-0.25, -0.2) is 9.78 Å². The second-order valence-electron chi connectivity index (χ2n) is 5.68. The number of nitrogens with zero attached hydrogens (tertiary/aromatic N) is 2. The fraction of sp³-hybridized carbons (Fsp3) is 0.278. The molecule has 0 atom stereocenters. The van der Waals surface area contributed by atoms with Crippen molar-refractivity contribution in [3.05, 3.63) is 41.7 Å². The maximum Gasteiger partial charge on any atom is 0.337 e. The Hall–Kier alpha value is -3.13. The summed E-state index contributed by atoms with van der Waals surface area (Å²) in [4.78, 5) is 30.2. The molecule has 0 aliphatic carbocycles. The third-order valence-electron chi connectivity index (χ3n) is 4.15. The number of benzene rings is 1. The van der Waals surface area contributed by atoms with E-state index in [4.69, 9.17) is 14.6 Å². The topological polar surface area (TPSA) is 101 Å². The number of nitrogens with one attached hydrogen (secondary N) is 1. The zero-order valence-corrected chi connectivity index (χ0v) is 14.5. The van der Waals surface area contributed by atoms with Gasteiger partial charge in [-0.2, -0.15) is 0 Å². The largest absolute Gasteiger partial charge is 0.481 e. The highest BCUT2D eigenvalue weighted by Gasteiger charge is 2.34. The summed E-state index contributed by atoms with van der Waals surface area (Å²) in [6.45, 7) is 0.0408. The minimum Gasteiger partial charge on any atom is -0.481 e. The molecule has 2 aromatic rings. The molecule has 26 heavy (non-hydrogen) atoms. The molecule has 8 heteroatoms. The Morgan fingerprint density at radius 1 is 1.35 bits per heavy atom. The molecule has 0 bridgehead atoms. The minimum atomic E-state index is -0.582. The SMILES string of the molecule is COC(=O)C1=C(Nc2ccc3ccnc(OC)c3c2)C(=O)N(CCO)C1. The number of hydrogen-bond donors (Lipinski definition) is 2. The number of rotatable bonds is 6. The Kier molecular flexibility index (Phi) is 5.04. The number of aliphatic hydroxyl groups is 1. The van der Waals surface area contributed by atoms with Crippen molar-refractivity contribution >= 4 is 28.3 Å². The van der Waals surface area contributed by atoms with Gasteiger partial charge < -0.3 is 24.8 Å². The molecule has 136 valence electrons. The zero-order chi connectivity index (χ0) is 18.7. The third-order valence-corrected chi connectivity index (χ3v) is 4.15. The van der Waals surface area contributed by atoms with Crippen molar-refractivity contribution in [3.8, 4) is 5.88 Å². The van der Waals surface area contributed by atoms with Gasteiger partial charge in [0.2, 0.25) is 5.88 Å². The van der Waals surface area contributed by atoms with Gasteiger partial charge in [-0.15, -0.1) is 0 Å². The highest BCUT2D eigenvalue weighted by Crippen LogP contribution is 2.28. The molecular formula is C18H19N3O5. The van der Waals surface area contributed by atoms with Crippen LogP contribution in [0.3, 0.4) is 0 Å². The van der Waals surface area contributed by atoms with Gasteiger partial charge in [0.25, 0.3) is 5.91 Å². The summed E-state index contributed by atoms with van der Waals surface area (Å²) in [6, 6.07) is 7.31. The van der Waals surface area contributed by atoms with Crippen molar-refractivity contribution in [1.82, 2.24) is 9.88 Å². The fourth-order valence-electron chi connectivity index (χ4n) is 2.88. The van der Waals surface area contributed by atoms with E-state index in [9.17, 15) is 9.59 Å². The summed E-state index contributed by atoms with van der Waals surface area (Å²) in [5.41, 5.74) is 0.983. The van der Waals surface area contributed by atoms with Crippen molar-refractivity contribution in [2.75, 3.05) is 39.2 Å². The average molecular weight is 357 g/mol. The number of amides is 1. The number of carbonyl (C=O) groups is 2. The van der Waals surface area contributed by atoms with E-state index in [-0.39, 0.29) is 36.9 Å². The highest BCUT2D eigenvalue weighted by atomic mass is 16.5. The normalized spacial score (nSPS) is 14.1. The molecule has 3 rings (SSSR count). The second-order valence-corrected chi connectivity index (χ2v) is 5.68. The number of carbonyl (C=O) groups excluding carboxylic acids is 2. The lowest BCUT2D eigenvalue weighted by atomic mass is 10.1. The number of anilines is 1. The van der Waals surface area contributed by atoms with Gasteiger partial charge in [-0.1, -0.05) is 6.07 Å². The van der Waals surface area contributed by atoms with Crippen molar-refractivity contribution in [2.45, 2.75) is 0 Å². The van der Waals surface area contributed by atoms with E-state index in [2.05, 4.69) is 10.3 Å². The van der Waals surface area contributed by atoms with Gasteiger partial charge in [0.15, 0.2) is 0 Å². The standard InChI is InChI=1S/C18H19N3O5/c1-25-16-13-9-12(4-3-11(13)5-6-19-16)20-15-14(18(24)26-2)10-21(7-8-22)17(15)23/h3-6,9,20,22H,7-8,10H2,1-2H3. The van der Waals surface area contributed by atoms with Gasteiger partial charge in [0.05, 0.1) is 32.9 Å². The average Bonchev–Trinajstić information content (AvgIpc) is 2.97. The first-order chi connectivity index (χ1) is 12.6. The van der Waals surface area contributed by atoms with Crippen molar-refractivity contribution in [1.29, 1.82) is 0 Å². The smallest absolute Gasteiger partial charge is 0.337 e. The molecule has 0 radical (unpaired) electrons.